The average molecular weight is 416 g/mol. The van der Waals surface area contributed by atoms with Crippen LogP contribution in [0.3, 0.4) is 0 Å². The summed E-state index contributed by atoms with van der Waals surface area (Å²) in [6.45, 7) is 2.47. The Bertz CT molecular complexity index is 1230. The van der Waals surface area contributed by atoms with Crippen molar-refractivity contribution in [1.82, 2.24) is 24.5 Å². The fraction of sp³-hybridized carbons (Fsp3) is 0.261. The van der Waals surface area contributed by atoms with Gasteiger partial charge in [0.1, 0.15) is 12.9 Å². The summed E-state index contributed by atoms with van der Waals surface area (Å²) in [6.07, 6.45) is 4.67. The Morgan fingerprint density at radius 1 is 1.03 bits per heavy atom. The molecule has 0 fully saturated rings. The first-order valence-electron chi connectivity index (χ1n) is 10.4. The van der Waals surface area contributed by atoms with Crippen LogP contribution in [0.5, 0.6) is 0 Å². The topological polar surface area (TPSA) is 94.7 Å². The average Bonchev–Trinajstić information content (AvgIpc) is 3.19. The largest absolute Gasteiger partial charge is 0.325 e. The molecule has 1 amide bonds. The van der Waals surface area contributed by atoms with E-state index in [0.29, 0.717) is 17.9 Å². The number of amides is 1. The van der Waals surface area contributed by atoms with E-state index in [4.69, 9.17) is 0 Å². The van der Waals surface area contributed by atoms with Gasteiger partial charge < -0.3 is 5.32 Å². The molecule has 4 rings (SSSR count). The predicted octanol–water partition coefficient (Wildman–Crippen LogP) is 3.02. The maximum atomic E-state index is 12.8. The van der Waals surface area contributed by atoms with Crippen LogP contribution in [-0.4, -0.2) is 30.5 Å². The van der Waals surface area contributed by atoms with E-state index in [1.54, 1.807) is 4.68 Å². The smallest absolute Gasteiger partial charge is 0.283 e. The monoisotopic (exact) mass is 416 g/mol. The lowest BCUT2D eigenvalue weighted by Gasteiger charge is -2.08. The van der Waals surface area contributed by atoms with E-state index in [0.717, 1.165) is 24.8 Å². The number of anilines is 1. The van der Waals surface area contributed by atoms with Crippen LogP contribution >= 0.6 is 0 Å². The number of nitrogens with one attached hydrogen (secondary N) is 1. The van der Waals surface area contributed by atoms with Crippen molar-refractivity contribution in [2.24, 2.45) is 0 Å². The van der Waals surface area contributed by atoms with Crippen LogP contribution in [0.25, 0.3) is 11.2 Å². The van der Waals surface area contributed by atoms with Crippen LogP contribution in [-0.2, 0) is 24.3 Å². The zero-order valence-electron chi connectivity index (χ0n) is 17.4. The summed E-state index contributed by atoms with van der Waals surface area (Å²) in [7, 11) is 0. The van der Waals surface area contributed by atoms with Crippen LogP contribution in [0.1, 0.15) is 30.9 Å². The van der Waals surface area contributed by atoms with E-state index in [-0.39, 0.29) is 18.0 Å². The van der Waals surface area contributed by atoms with Gasteiger partial charge in [-0.2, -0.15) is 0 Å². The molecule has 0 atom stereocenters. The lowest BCUT2D eigenvalue weighted by atomic mass is 10.1. The Morgan fingerprint density at radius 3 is 2.55 bits per heavy atom. The van der Waals surface area contributed by atoms with Gasteiger partial charge in [0.05, 0.1) is 6.54 Å². The molecular formula is C23H24N6O2. The van der Waals surface area contributed by atoms with Crippen molar-refractivity contribution >= 4 is 22.8 Å². The van der Waals surface area contributed by atoms with E-state index < -0.39 is 5.56 Å². The number of nitrogens with zero attached hydrogens (tertiary/aromatic N) is 5. The van der Waals surface area contributed by atoms with E-state index in [1.165, 1.54) is 16.5 Å². The Labute approximate surface area is 179 Å². The van der Waals surface area contributed by atoms with E-state index >= 15 is 0 Å². The highest BCUT2D eigenvalue weighted by Gasteiger charge is 2.14. The van der Waals surface area contributed by atoms with Crippen molar-refractivity contribution in [2.45, 2.75) is 39.3 Å². The van der Waals surface area contributed by atoms with Gasteiger partial charge in [0.2, 0.25) is 5.91 Å². The van der Waals surface area contributed by atoms with Crippen LogP contribution < -0.4 is 10.9 Å². The minimum atomic E-state index is -0.394. The van der Waals surface area contributed by atoms with Crippen molar-refractivity contribution in [1.29, 1.82) is 0 Å². The molecule has 158 valence electrons. The number of rotatable bonds is 8. The number of aryl methyl sites for hydroxylation is 1. The zero-order chi connectivity index (χ0) is 21.6. The second-order valence-electron chi connectivity index (χ2n) is 7.43. The Kier molecular flexibility index (Phi) is 6.16. The third kappa shape index (κ3) is 4.85. The molecule has 2 aromatic heterocycles. The first kappa shape index (κ1) is 20.5. The molecule has 0 aliphatic rings. The number of hydrogen-bond acceptors (Lipinski definition) is 5. The van der Waals surface area contributed by atoms with Crippen molar-refractivity contribution in [3.05, 3.63) is 82.4 Å². The van der Waals surface area contributed by atoms with Gasteiger partial charge in [-0.25, -0.2) is 9.67 Å². The predicted molar refractivity (Wildman–Crippen MR) is 119 cm³/mol. The van der Waals surface area contributed by atoms with Crippen LogP contribution in [0.4, 0.5) is 5.69 Å². The highest BCUT2D eigenvalue weighted by molar-refractivity contribution is 5.90. The summed E-state index contributed by atoms with van der Waals surface area (Å²) in [5.41, 5.74) is 3.11. The second-order valence-corrected chi connectivity index (χ2v) is 7.43. The fourth-order valence-electron chi connectivity index (χ4n) is 3.35. The van der Waals surface area contributed by atoms with Gasteiger partial charge >= 0.3 is 0 Å². The maximum absolute atomic E-state index is 12.8. The molecule has 2 aromatic carbocycles. The zero-order valence-corrected chi connectivity index (χ0v) is 17.4. The van der Waals surface area contributed by atoms with Gasteiger partial charge in [0.25, 0.3) is 5.56 Å². The second kappa shape index (κ2) is 9.34. The molecule has 8 nitrogen and oxygen atoms in total. The lowest BCUT2D eigenvalue weighted by Crippen LogP contribution is -2.28. The third-order valence-corrected chi connectivity index (χ3v) is 5.04. The first-order valence-corrected chi connectivity index (χ1v) is 10.4. The van der Waals surface area contributed by atoms with Crippen molar-refractivity contribution < 1.29 is 4.79 Å². The first-order chi connectivity index (χ1) is 15.1. The molecule has 2 heterocycles. The van der Waals surface area contributed by atoms with Crippen LogP contribution in [0.15, 0.2) is 65.7 Å². The summed E-state index contributed by atoms with van der Waals surface area (Å²) in [5.74, 6) is -0.304. The Balaban J connectivity index is 1.45. The molecule has 8 heteroatoms. The molecule has 0 spiro atoms. The van der Waals surface area contributed by atoms with Gasteiger partial charge in [-0.1, -0.05) is 61.0 Å². The van der Waals surface area contributed by atoms with Crippen LogP contribution in [0.2, 0.25) is 0 Å². The normalized spacial score (nSPS) is 11.0. The van der Waals surface area contributed by atoms with Gasteiger partial charge in [0, 0.05) is 5.69 Å². The molecule has 0 bridgehead atoms. The molecule has 0 unspecified atom stereocenters. The van der Waals surface area contributed by atoms with E-state index in [1.807, 2.05) is 54.6 Å². The van der Waals surface area contributed by atoms with Crippen molar-refractivity contribution in [2.75, 3.05) is 5.32 Å². The molecule has 4 aromatic rings. The summed E-state index contributed by atoms with van der Waals surface area (Å²) in [6, 6.07) is 17.5. The molecule has 0 radical (unpaired) electrons. The number of unbranched alkanes of at least 4 members (excludes halogenated alkanes) is 1. The van der Waals surface area contributed by atoms with Crippen molar-refractivity contribution in [3.63, 3.8) is 0 Å². The standard InChI is InChI=1S/C23H24N6O2/c1-2-3-7-17-10-12-19(13-11-17)25-20(30)15-28-16-24-22-21(23(28)31)26-27-29(22)14-18-8-5-4-6-9-18/h4-6,8-13,16H,2-3,7,14-15H2,1H3,(H,25,30). The third-order valence-electron chi connectivity index (χ3n) is 5.04. The molecule has 31 heavy (non-hydrogen) atoms. The SMILES string of the molecule is CCCCc1ccc(NC(=O)Cn2cnc3c(nnn3Cc3ccccc3)c2=O)cc1. The number of carbonyl (C=O) groups is 1. The quantitative estimate of drug-likeness (QED) is 0.476. The highest BCUT2D eigenvalue weighted by Crippen LogP contribution is 2.12. The van der Waals surface area contributed by atoms with Gasteiger partial charge in [-0.15, -0.1) is 5.10 Å². The number of aromatic nitrogens is 5. The maximum Gasteiger partial charge on any atom is 0.283 e. The molecule has 0 aliphatic heterocycles. The molecular weight excluding hydrogens is 392 g/mol. The summed E-state index contributed by atoms with van der Waals surface area (Å²) in [5, 5.41) is 10.9. The Hall–Kier alpha value is -3.81. The minimum absolute atomic E-state index is 0.145. The summed E-state index contributed by atoms with van der Waals surface area (Å²) < 4.78 is 2.82. The molecule has 0 saturated heterocycles. The van der Waals surface area contributed by atoms with Crippen molar-refractivity contribution in [3.8, 4) is 0 Å². The van der Waals surface area contributed by atoms with E-state index in [2.05, 4.69) is 27.5 Å². The van der Waals surface area contributed by atoms with Gasteiger partial charge in [-0.05, 0) is 36.1 Å². The fourth-order valence-corrected chi connectivity index (χ4v) is 3.35. The molecule has 1 N–H and O–H groups in total. The molecule has 0 saturated carbocycles. The number of carbonyl (C=O) groups excluding carboxylic acids is 1. The van der Waals surface area contributed by atoms with Gasteiger partial charge in [-0.3, -0.25) is 14.2 Å². The Morgan fingerprint density at radius 2 is 1.81 bits per heavy atom. The van der Waals surface area contributed by atoms with Crippen LogP contribution in [0, 0.1) is 0 Å². The van der Waals surface area contributed by atoms with Gasteiger partial charge in [0.15, 0.2) is 11.2 Å². The molecule has 0 aliphatic carbocycles. The number of benzene rings is 2. The number of fused-ring (bicyclic) bond motifs is 1. The highest BCUT2D eigenvalue weighted by atomic mass is 16.2. The summed E-state index contributed by atoms with van der Waals surface area (Å²) in [4.78, 5) is 29.5. The lowest BCUT2D eigenvalue weighted by molar-refractivity contribution is -0.116. The number of hydrogen-bond donors (Lipinski definition) is 1. The minimum Gasteiger partial charge on any atom is -0.325 e. The summed E-state index contributed by atoms with van der Waals surface area (Å²) >= 11 is 0. The van der Waals surface area contributed by atoms with E-state index in [9.17, 15) is 9.59 Å².